The number of ether oxygens (including phenoxy) is 2. The van der Waals surface area contributed by atoms with Crippen molar-refractivity contribution in [3.8, 4) is 22.6 Å². The van der Waals surface area contributed by atoms with E-state index in [1.807, 2.05) is 0 Å². The van der Waals surface area contributed by atoms with Gasteiger partial charge in [0.1, 0.15) is 11.5 Å². The average molecular weight is 293 g/mol. The molecule has 104 valence electrons. The normalized spacial score (nSPS) is 10.2. The second-order valence-electron chi connectivity index (χ2n) is 4.10. The van der Waals surface area contributed by atoms with Crippen LogP contribution < -0.4 is 9.47 Å². The molecular formula is C15H13ClO4. The van der Waals surface area contributed by atoms with Gasteiger partial charge in [-0.15, -0.1) is 0 Å². The minimum Gasteiger partial charge on any atom is -0.497 e. The number of hydrogen-bond acceptors (Lipinski definition) is 3. The van der Waals surface area contributed by atoms with Crippen molar-refractivity contribution in [3.63, 3.8) is 0 Å². The number of halogens is 1. The summed E-state index contributed by atoms with van der Waals surface area (Å²) < 4.78 is 10.4. The number of methoxy groups -OCH3 is 2. The van der Waals surface area contributed by atoms with Gasteiger partial charge in [0.25, 0.3) is 0 Å². The fourth-order valence-electron chi connectivity index (χ4n) is 1.90. The Bertz CT molecular complexity index is 652. The highest BCUT2D eigenvalue weighted by atomic mass is 35.5. The molecule has 2 rings (SSSR count). The van der Waals surface area contributed by atoms with Crippen LogP contribution in [0.4, 0.5) is 0 Å². The highest BCUT2D eigenvalue weighted by Gasteiger charge is 2.12. The highest BCUT2D eigenvalue weighted by Crippen LogP contribution is 2.35. The third-order valence-corrected chi connectivity index (χ3v) is 3.10. The van der Waals surface area contributed by atoms with Gasteiger partial charge in [-0.1, -0.05) is 11.6 Å². The predicted molar refractivity (Wildman–Crippen MR) is 77.0 cm³/mol. The summed E-state index contributed by atoms with van der Waals surface area (Å²) in [6, 6.07) is 9.92. The molecule has 0 radical (unpaired) electrons. The standard InChI is InChI=1S/C15H13ClO4/c1-19-12-6-9(5-10(7-12)15(17)18)13-8-11(16)3-4-14(13)20-2/h3-8H,1-2H3,(H,17,18). The molecule has 0 aliphatic rings. The van der Waals surface area contributed by atoms with Crippen LogP contribution in [-0.4, -0.2) is 25.3 Å². The molecule has 2 aromatic carbocycles. The van der Waals surface area contributed by atoms with Crippen molar-refractivity contribution in [3.05, 3.63) is 47.0 Å². The fourth-order valence-corrected chi connectivity index (χ4v) is 2.07. The van der Waals surface area contributed by atoms with E-state index in [1.165, 1.54) is 13.2 Å². The Labute approximate surface area is 121 Å². The zero-order chi connectivity index (χ0) is 14.7. The number of carboxylic acids is 1. The molecule has 5 heteroatoms. The fraction of sp³-hybridized carbons (Fsp3) is 0.133. The molecule has 0 fully saturated rings. The molecule has 0 amide bonds. The molecule has 0 saturated carbocycles. The van der Waals surface area contributed by atoms with E-state index < -0.39 is 5.97 Å². The van der Waals surface area contributed by atoms with Crippen LogP contribution in [0.25, 0.3) is 11.1 Å². The van der Waals surface area contributed by atoms with Crippen molar-refractivity contribution >= 4 is 17.6 Å². The minimum absolute atomic E-state index is 0.140. The van der Waals surface area contributed by atoms with Crippen LogP contribution in [0, 0.1) is 0 Å². The first kappa shape index (κ1) is 14.2. The summed E-state index contributed by atoms with van der Waals surface area (Å²) in [5, 5.41) is 9.69. The van der Waals surface area contributed by atoms with Gasteiger partial charge in [0.2, 0.25) is 0 Å². The molecule has 2 aromatic rings. The molecule has 0 heterocycles. The number of aromatic carboxylic acids is 1. The van der Waals surface area contributed by atoms with Crippen molar-refractivity contribution in [2.75, 3.05) is 14.2 Å². The van der Waals surface area contributed by atoms with Crippen LogP contribution in [-0.2, 0) is 0 Å². The minimum atomic E-state index is -1.02. The van der Waals surface area contributed by atoms with Gasteiger partial charge in [-0.2, -0.15) is 0 Å². The topological polar surface area (TPSA) is 55.8 Å². The first-order valence-corrected chi connectivity index (χ1v) is 6.19. The summed E-state index contributed by atoms with van der Waals surface area (Å²) in [4.78, 5) is 11.2. The Morgan fingerprint density at radius 3 is 2.45 bits per heavy atom. The Kier molecular flexibility index (Phi) is 4.15. The lowest BCUT2D eigenvalue weighted by molar-refractivity contribution is 0.0696. The van der Waals surface area contributed by atoms with E-state index in [4.69, 9.17) is 26.2 Å². The molecule has 0 atom stereocenters. The lowest BCUT2D eigenvalue weighted by Crippen LogP contribution is -1.98. The molecule has 0 saturated heterocycles. The maximum atomic E-state index is 11.2. The molecule has 0 bridgehead atoms. The van der Waals surface area contributed by atoms with Crippen molar-refractivity contribution in [2.45, 2.75) is 0 Å². The Balaban J connectivity index is 2.65. The van der Waals surface area contributed by atoms with Crippen LogP contribution in [0.1, 0.15) is 10.4 Å². The number of hydrogen-bond donors (Lipinski definition) is 1. The molecule has 0 aromatic heterocycles. The molecule has 0 aliphatic heterocycles. The van der Waals surface area contributed by atoms with Gasteiger partial charge in [-0.3, -0.25) is 0 Å². The second kappa shape index (κ2) is 5.84. The predicted octanol–water partition coefficient (Wildman–Crippen LogP) is 3.72. The average Bonchev–Trinajstić information content (AvgIpc) is 2.46. The quantitative estimate of drug-likeness (QED) is 0.933. The molecular weight excluding hydrogens is 280 g/mol. The lowest BCUT2D eigenvalue weighted by atomic mass is 10.0. The maximum Gasteiger partial charge on any atom is 0.335 e. The van der Waals surface area contributed by atoms with Gasteiger partial charge in [-0.25, -0.2) is 4.79 Å². The van der Waals surface area contributed by atoms with E-state index in [9.17, 15) is 4.79 Å². The Morgan fingerprint density at radius 1 is 1.10 bits per heavy atom. The first-order chi connectivity index (χ1) is 9.55. The highest BCUT2D eigenvalue weighted by molar-refractivity contribution is 6.31. The van der Waals surface area contributed by atoms with Gasteiger partial charge in [0.15, 0.2) is 0 Å². The summed E-state index contributed by atoms with van der Waals surface area (Å²) in [5.41, 5.74) is 1.52. The van der Waals surface area contributed by atoms with E-state index in [1.54, 1.807) is 37.4 Å². The summed E-state index contributed by atoms with van der Waals surface area (Å²) in [5.74, 6) is 0.0482. The van der Waals surface area contributed by atoms with Gasteiger partial charge in [0, 0.05) is 10.6 Å². The summed E-state index contributed by atoms with van der Waals surface area (Å²) >= 11 is 6.00. The summed E-state index contributed by atoms with van der Waals surface area (Å²) in [6.07, 6.45) is 0. The van der Waals surface area contributed by atoms with E-state index in [0.29, 0.717) is 27.6 Å². The van der Waals surface area contributed by atoms with Crippen LogP contribution in [0.2, 0.25) is 5.02 Å². The van der Waals surface area contributed by atoms with Crippen molar-refractivity contribution in [1.82, 2.24) is 0 Å². The van der Waals surface area contributed by atoms with Gasteiger partial charge < -0.3 is 14.6 Å². The number of benzene rings is 2. The number of rotatable bonds is 4. The SMILES string of the molecule is COc1cc(C(=O)O)cc(-c2cc(Cl)ccc2OC)c1. The Morgan fingerprint density at radius 2 is 1.85 bits per heavy atom. The van der Waals surface area contributed by atoms with Crippen molar-refractivity contribution < 1.29 is 19.4 Å². The monoisotopic (exact) mass is 292 g/mol. The van der Waals surface area contributed by atoms with Crippen LogP contribution >= 0.6 is 11.6 Å². The van der Waals surface area contributed by atoms with Crippen LogP contribution in [0.15, 0.2) is 36.4 Å². The smallest absolute Gasteiger partial charge is 0.335 e. The maximum absolute atomic E-state index is 11.2. The number of carbonyl (C=O) groups is 1. The molecule has 0 aliphatic carbocycles. The first-order valence-electron chi connectivity index (χ1n) is 5.81. The zero-order valence-corrected chi connectivity index (χ0v) is 11.8. The summed E-state index contributed by atoms with van der Waals surface area (Å²) in [6.45, 7) is 0. The molecule has 0 spiro atoms. The number of carboxylic acid groups (broad SMARTS) is 1. The second-order valence-corrected chi connectivity index (χ2v) is 4.54. The van der Waals surface area contributed by atoms with Crippen LogP contribution in [0.5, 0.6) is 11.5 Å². The van der Waals surface area contributed by atoms with Crippen molar-refractivity contribution in [2.24, 2.45) is 0 Å². The zero-order valence-electron chi connectivity index (χ0n) is 11.0. The van der Waals surface area contributed by atoms with E-state index in [0.717, 1.165) is 0 Å². The summed E-state index contributed by atoms with van der Waals surface area (Å²) in [7, 11) is 3.03. The van der Waals surface area contributed by atoms with E-state index in [2.05, 4.69) is 0 Å². The third kappa shape index (κ3) is 2.86. The van der Waals surface area contributed by atoms with E-state index >= 15 is 0 Å². The molecule has 20 heavy (non-hydrogen) atoms. The molecule has 1 N–H and O–H groups in total. The lowest BCUT2D eigenvalue weighted by Gasteiger charge is -2.11. The third-order valence-electron chi connectivity index (χ3n) is 2.86. The van der Waals surface area contributed by atoms with Crippen molar-refractivity contribution in [1.29, 1.82) is 0 Å². The molecule has 0 unspecified atom stereocenters. The molecule has 4 nitrogen and oxygen atoms in total. The van der Waals surface area contributed by atoms with Crippen LogP contribution in [0.3, 0.4) is 0 Å². The van der Waals surface area contributed by atoms with Gasteiger partial charge in [-0.05, 0) is 42.0 Å². The van der Waals surface area contributed by atoms with E-state index in [-0.39, 0.29) is 5.56 Å². The van der Waals surface area contributed by atoms with Gasteiger partial charge in [0.05, 0.1) is 19.8 Å². The largest absolute Gasteiger partial charge is 0.497 e. The van der Waals surface area contributed by atoms with Gasteiger partial charge >= 0.3 is 5.97 Å². The Hall–Kier alpha value is -2.20.